The lowest BCUT2D eigenvalue weighted by Gasteiger charge is -2.18. The molecule has 0 fully saturated rings. The molecule has 0 rings (SSSR count). The number of carbonyl (C=O) groups is 3. The Morgan fingerprint density at radius 1 is 0.288 bits per heavy atom. The molecule has 1 atom stereocenters. The van der Waals surface area contributed by atoms with Gasteiger partial charge in [-0.05, 0) is 96.3 Å². The van der Waals surface area contributed by atoms with Crippen molar-refractivity contribution in [1.29, 1.82) is 0 Å². The van der Waals surface area contributed by atoms with Crippen molar-refractivity contribution >= 4 is 17.9 Å². The maximum absolute atomic E-state index is 12.9. The van der Waals surface area contributed by atoms with Crippen molar-refractivity contribution in [3.8, 4) is 0 Å². The number of esters is 3. The average molecular weight is 1020 g/mol. The van der Waals surface area contributed by atoms with Crippen LogP contribution < -0.4 is 0 Å². The van der Waals surface area contributed by atoms with Gasteiger partial charge in [0.25, 0.3) is 0 Å². The Bertz CT molecular complexity index is 1400. The Morgan fingerprint density at radius 3 is 0.863 bits per heavy atom. The molecule has 0 heterocycles. The van der Waals surface area contributed by atoms with Crippen LogP contribution in [0.25, 0.3) is 0 Å². The molecule has 0 aromatic carbocycles. The third-order valence-electron chi connectivity index (χ3n) is 13.4. The fraction of sp³-hybridized carbons (Fsp3) is 0.746. The van der Waals surface area contributed by atoms with Crippen LogP contribution >= 0.6 is 0 Å². The molecule has 1 unspecified atom stereocenters. The molecule has 0 amide bonds. The van der Waals surface area contributed by atoms with E-state index < -0.39 is 6.10 Å². The molecule has 6 nitrogen and oxygen atoms in total. The number of allylic oxidation sites excluding steroid dienone is 14. The van der Waals surface area contributed by atoms with Crippen LogP contribution in [0, 0.1) is 0 Å². The highest BCUT2D eigenvalue weighted by Gasteiger charge is 2.19. The van der Waals surface area contributed by atoms with Crippen molar-refractivity contribution in [2.24, 2.45) is 0 Å². The molecule has 0 bridgehead atoms. The first-order chi connectivity index (χ1) is 36.0. The van der Waals surface area contributed by atoms with Crippen molar-refractivity contribution in [1.82, 2.24) is 0 Å². The summed E-state index contributed by atoms with van der Waals surface area (Å²) in [5.41, 5.74) is 0. The van der Waals surface area contributed by atoms with Gasteiger partial charge < -0.3 is 14.2 Å². The normalized spacial score (nSPS) is 12.6. The standard InChI is InChI=1S/C67H116O6/c1-4-7-10-13-16-19-22-25-27-29-30-31-32-33-34-35-36-38-39-42-45-48-51-54-57-60-66(69)72-63-64(62-71-65(68)59-56-53-50-47-44-41-24-21-18-15-12-9-6-3)73-67(70)61-58-55-52-49-46-43-40-37-28-26-23-20-17-14-11-8-5-2/h7,10,16-17,19-20,25-28,30-31,33-34,64H,4-6,8-9,11-15,18,21-24,29,32,35-63H2,1-3H3/b10-7-,19-16-,20-17-,27-25-,28-26-,31-30-,34-33-. The van der Waals surface area contributed by atoms with Gasteiger partial charge in [-0.3, -0.25) is 14.4 Å². The number of rotatable bonds is 56. The average Bonchev–Trinajstić information content (AvgIpc) is 3.39. The summed E-state index contributed by atoms with van der Waals surface area (Å²) >= 11 is 0. The third kappa shape index (κ3) is 59.3. The van der Waals surface area contributed by atoms with Gasteiger partial charge in [-0.15, -0.1) is 0 Å². The number of ether oxygens (including phenoxy) is 3. The van der Waals surface area contributed by atoms with Gasteiger partial charge in [0, 0.05) is 19.3 Å². The van der Waals surface area contributed by atoms with Crippen molar-refractivity contribution in [3.05, 3.63) is 85.1 Å². The van der Waals surface area contributed by atoms with Crippen LogP contribution in [-0.4, -0.2) is 37.2 Å². The van der Waals surface area contributed by atoms with Crippen LogP contribution in [0.15, 0.2) is 85.1 Å². The van der Waals surface area contributed by atoms with Crippen LogP contribution in [-0.2, 0) is 28.6 Å². The van der Waals surface area contributed by atoms with E-state index in [0.29, 0.717) is 19.3 Å². The smallest absolute Gasteiger partial charge is 0.306 e. The van der Waals surface area contributed by atoms with Gasteiger partial charge in [0.2, 0.25) is 0 Å². The van der Waals surface area contributed by atoms with Crippen LogP contribution in [0.4, 0.5) is 0 Å². The molecule has 0 aliphatic rings. The summed E-state index contributed by atoms with van der Waals surface area (Å²) in [4.78, 5) is 38.3. The maximum Gasteiger partial charge on any atom is 0.306 e. The Balaban J connectivity index is 4.33. The molecule has 0 aliphatic heterocycles. The van der Waals surface area contributed by atoms with E-state index >= 15 is 0 Å². The minimum atomic E-state index is -0.782. The van der Waals surface area contributed by atoms with Gasteiger partial charge in [-0.2, -0.15) is 0 Å². The Kier molecular flexibility index (Phi) is 58.3. The van der Waals surface area contributed by atoms with Gasteiger partial charge in [0.05, 0.1) is 0 Å². The molecule has 0 aliphatic carbocycles. The topological polar surface area (TPSA) is 78.9 Å². The van der Waals surface area contributed by atoms with Gasteiger partial charge in [0.15, 0.2) is 6.10 Å². The first-order valence-corrected chi connectivity index (χ1v) is 31.1. The zero-order chi connectivity index (χ0) is 52.9. The van der Waals surface area contributed by atoms with E-state index in [4.69, 9.17) is 14.2 Å². The zero-order valence-electron chi connectivity index (χ0n) is 48.1. The highest BCUT2D eigenvalue weighted by Crippen LogP contribution is 2.16. The molecule has 6 heteroatoms. The SMILES string of the molecule is CC/C=C\C/C=C\C/C=C\C/C=C\C/C=C\CCCCCCCCCCCC(=O)OCC(COC(=O)CCCCCCCCCCCCCCC)OC(=O)CCCCCCCCC/C=C\C/C=C\CCCCC. The molecular formula is C67H116O6. The van der Waals surface area contributed by atoms with Crippen LogP contribution in [0.1, 0.15) is 303 Å². The van der Waals surface area contributed by atoms with E-state index in [2.05, 4.69) is 106 Å². The number of hydrogen-bond acceptors (Lipinski definition) is 6. The summed E-state index contributed by atoms with van der Waals surface area (Å²) in [6.45, 7) is 6.52. The minimum absolute atomic E-state index is 0.0788. The summed E-state index contributed by atoms with van der Waals surface area (Å²) in [5.74, 6) is -0.882. The fourth-order valence-corrected chi connectivity index (χ4v) is 8.74. The van der Waals surface area contributed by atoms with Crippen molar-refractivity contribution in [3.63, 3.8) is 0 Å². The van der Waals surface area contributed by atoms with Crippen LogP contribution in [0.2, 0.25) is 0 Å². The zero-order valence-corrected chi connectivity index (χ0v) is 48.1. The molecule has 0 aromatic heterocycles. The van der Waals surface area contributed by atoms with Gasteiger partial charge in [-0.25, -0.2) is 0 Å². The molecule has 420 valence electrons. The second-order valence-electron chi connectivity index (χ2n) is 20.6. The van der Waals surface area contributed by atoms with Crippen molar-refractivity contribution in [2.75, 3.05) is 13.2 Å². The summed E-state index contributed by atoms with van der Waals surface area (Å²) in [6, 6.07) is 0. The molecule has 73 heavy (non-hydrogen) atoms. The maximum atomic E-state index is 12.9. The van der Waals surface area contributed by atoms with E-state index in [1.807, 2.05) is 0 Å². The van der Waals surface area contributed by atoms with Gasteiger partial charge >= 0.3 is 17.9 Å². The molecular weight excluding hydrogens is 901 g/mol. The highest BCUT2D eigenvalue weighted by molar-refractivity contribution is 5.71. The van der Waals surface area contributed by atoms with E-state index in [0.717, 1.165) is 109 Å². The lowest BCUT2D eigenvalue weighted by molar-refractivity contribution is -0.167. The van der Waals surface area contributed by atoms with Crippen molar-refractivity contribution < 1.29 is 28.6 Å². The monoisotopic (exact) mass is 1020 g/mol. The second kappa shape index (κ2) is 61.1. The Labute approximate surface area is 452 Å². The number of hydrogen-bond donors (Lipinski definition) is 0. The summed E-state index contributed by atoms with van der Waals surface area (Å²) in [7, 11) is 0. The largest absolute Gasteiger partial charge is 0.462 e. The Morgan fingerprint density at radius 2 is 0.534 bits per heavy atom. The molecule has 0 radical (unpaired) electrons. The fourth-order valence-electron chi connectivity index (χ4n) is 8.74. The highest BCUT2D eigenvalue weighted by atomic mass is 16.6. The van der Waals surface area contributed by atoms with Gasteiger partial charge in [0.1, 0.15) is 13.2 Å². The molecule has 0 saturated heterocycles. The molecule has 0 aromatic rings. The van der Waals surface area contributed by atoms with Crippen LogP contribution in [0.3, 0.4) is 0 Å². The summed E-state index contributed by atoms with van der Waals surface area (Å²) in [5, 5.41) is 0. The number of carbonyl (C=O) groups excluding carboxylic acids is 3. The summed E-state index contributed by atoms with van der Waals surface area (Å²) < 4.78 is 16.9. The van der Waals surface area contributed by atoms with E-state index in [9.17, 15) is 14.4 Å². The second-order valence-corrected chi connectivity index (χ2v) is 20.6. The first-order valence-electron chi connectivity index (χ1n) is 31.1. The predicted molar refractivity (Wildman–Crippen MR) is 316 cm³/mol. The predicted octanol–water partition coefficient (Wildman–Crippen LogP) is 21.1. The summed E-state index contributed by atoms with van der Waals surface area (Å²) in [6.07, 6.45) is 80.0. The number of unbranched alkanes of at least 4 members (excludes halogenated alkanes) is 31. The molecule has 0 saturated carbocycles. The Hall–Kier alpha value is -3.41. The lowest BCUT2D eigenvalue weighted by Crippen LogP contribution is -2.30. The molecule has 0 N–H and O–H groups in total. The van der Waals surface area contributed by atoms with Crippen molar-refractivity contribution in [2.45, 2.75) is 309 Å². The quantitative estimate of drug-likeness (QED) is 0.0261. The van der Waals surface area contributed by atoms with E-state index in [1.54, 1.807) is 0 Å². The third-order valence-corrected chi connectivity index (χ3v) is 13.4. The van der Waals surface area contributed by atoms with Gasteiger partial charge in [-0.1, -0.05) is 273 Å². The van der Waals surface area contributed by atoms with E-state index in [1.165, 1.54) is 154 Å². The van der Waals surface area contributed by atoms with Crippen LogP contribution in [0.5, 0.6) is 0 Å². The minimum Gasteiger partial charge on any atom is -0.462 e. The van der Waals surface area contributed by atoms with E-state index in [-0.39, 0.29) is 31.1 Å². The first kappa shape index (κ1) is 69.6. The lowest BCUT2D eigenvalue weighted by atomic mass is 10.0. The molecule has 0 spiro atoms.